The van der Waals surface area contributed by atoms with Crippen LogP contribution in [0.5, 0.6) is 0 Å². The molecule has 0 radical (unpaired) electrons. The van der Waals surface area contributed by atoms with Gasteiger partial charge in [0.05, 0.1) is 18.8 Å². The van der Waals surface area contributed by atoms with Crippen LogP contribution >= 0.6 is 11.3 Å². The standard InChI is InChI=1S/C24H24O3S/c1-16-11-20(25)14-24(27-16)22-13-17(7-8-19(22)15-26-24)12-21-9-10-23(28-21)18-5-3-2-4-6-18/h2-10,13,16,20,25H,11-12,14-15H2,1H3/t16?,20?,24-/m1/s1. The maximum Gasteiger partial charge on any atom is 0.198 e. The molecule has 1 N–H and O–H groups in total. The van der Waals surface area contributed by atoms with E-state index in [-0.39, 0.29) is 12.2 Å². The summed E-state index contributed by atoms with van der Waals surface area (Å²) in [4.78, 5) is 2.63. The summed E-state index contributed by atoms with van der Waals surface area (Å²) in [5.41, 5.74) is 4.77. The Morgan fingerprint density at radius 1 is 1.11 bits per heavy atom. The van der Waals surface area contributed by atoms with E-state index in [1.165, 1.54) is 26.4 Å². The van der Waals surface area contributed by atoms with E-state index in [0.717, 1.165) is 12.0 Å². The Kier molecular flexibility index (Phi) is 4.60. The zero-order chi connectivity index (χ0) is 19.1. The molecule has 2 aliphatic heterocycles. The molecule has 0 bridgehead atoms. The Bertz CT molecular complexity index is 969. The largest absolute Gasteiger partial charge is 0.393 e. The third-order valence-corrected chi connectivity index (χ3v) is 6.78. The number of hydrogen-bond donors (Lipinski definition) is 1. The fraction of sp³-hybridized carbons (Fsp3) is 0.333. The Hall–Kier alpha value is -1.98. The minimum atomic E-state index is -0.785. The van der Waals surface area contributed by atoms with Gasteiger partial charge in [-0.15, -0.1) is 11.3 Å². The van der Waals surface area contributed by atoms with Crippen molar-refractivity contribution in [2.45, 2.75) is 50.8 Å². The summed E-state index contributed by atoms with van der Waals surface area (Å²) in [5.74, 6) is -0.785. The minimum Gasteiger partial charge on any atom is -0.393 e. The molecule has 3 nitrogen and oxygen atoms in total. The molecule has 0 aliphatic carbocycles. The molecular weight excluding hydrogens is 368 g/mol. The van der Waals surface area contributed by atoms with Crippen molar-refractivity contribution in [1.82, 2.24) is 0 Å². The van der Waals surface area contributed by atoms with Crippen LogP contribution in [0.2, 0.25) is 0 Å². The topological polar surface area (TPSA) is 38.7 Å². The van der Waals surface area contributed by atoms with Crippen molar-refractivity contribution in [2.75, 3.05) is 0 Å². The molecule has 3 heterocycles. The quantitative estimate of drug-likeness (QED) is 0.662. The summed E-state index contributed by atoms with van der Waals surface area (Å²) in [7, 11) is 0. The van der Waals surface area contributed by atoms with Crippen LogP contribution in [0, 0.1) is 0 Å². The van der Waals surface area contributed by atoms with Gasteiger partial charge >= 0.3 is 0 Å². The van der Waals surface area contributed by atoms with E-state index in [9.17, 15) is 5.11 Å². The third kappa shape index (κ3) is 3.31. The Balaban J connectivity index is 1.41. The van der Waals surface area contributed by atoms with Gasteiger partial charge in [0.25, 0.3) is 0 Å². The average Bonchev–Trinajstić information content (AvgIpc) is 3.27. The van der Waals surface area contributed by atoms with Crippen LogP contribution in [-0.4, -0.2) is 17.3 Å². The number of hydrogen-bond acceptors (Lipinski definition) is 4. The highest BCUT2D eigenvalue weighted by Gasteiger charge is 2.47. The first kappa shape index (κ1) is 18.1. The molecule has 1 spiro atoms. The predicted molar refractivity (Wildman–Crippen MR) is 111 cm³/mol. The molecule has 1 fully saturated rings. The van der Waals surface area contributed by atoms with E-state index >= 15 is 0 Å². The first-order valence-electron chi connectivity index (χ1n) is 9.87. The number of aliphatic hydroxyl groups excluding tert-OH is 1. The number of fused-ring (bicyclic) bond motifs is 2. The summed E-state index contributed by atoms with van der Waals surface area (Å²) < 4.78 is 12.3. The van der Waals surface area contributed by atoms with Crippen LogP contribution in [0.1, 0.15) is 41.3 Å². The van der Waals surface area contributed by atoms with Crippen molar-refractivity contribution in [2.24, 2.45) is 0 Å². The number of benzene rings is 2. The molecule has 1 saturated heterocycles. The van der Waals surface area contributed by atoms with Gasteiger partial charge in [-0.25, -0.2) is 0 Å². The number of aliphatic hydroxyl groups is 1. The zero-order valence-corrected chi connectivity index (χ0v) is 16.7. The molecule has 2 aliphatic rings. The van der Waals surface area contributed by atoms with Crippen LogP contribution in [0.15, 0.2) is 60.7 Å². The number of rotatable bonds is 3. The van der Waals surface area contributed by atoms with E-state index in [0.29, 0.717) is 19.4 Å². The Morgan fingerprint density at radius 2 is 1.96 bits per heavy atom. The normalized spacial score (nSPS) is 26.5. The molecular formula is C24H24O3S. The van der Waals surface area contributed by atoms with Crippen molar-refractivity contribution in [3.8, 4) is 10.4 Å². The van der Waals surface area contributed by atoms with E-state index in [1.807, 2.05) is 24.3 Å². The lowest BCUT2D eigenvalue weighted by Gasteiger charge is -2.39. The summed E-state index contributed by atoms with van der Waals surface area (Å²) in [6.45, 7) is 2.55. The van der Waals surface area contributed by atoms with Crippen molar-refractivity contribution < 1.29 is 14.6 Å². The summed E-state index contributed by atoms with van der Waals surface area (Å²) in [5, 5.41) is 10.3. The molecule has 0 saturated carbocycles. The number of thiophene rings is 1. The van der Waals surface area contributed by atoms with Crippen molar-refractivity contribution >= 4 is 11.3 Å². The second kappa shape index (κ2) is 7.12. The highest BCUT2D eigenvalue weighted by Crippen LogP contribution is 2.46. The van der Waals surface area contributed by atoms with Gasteiger partial charge < -0.3 is 14.6 Å². The molecule has 2 aromatic carbocycles. The van der Waals surface area contributed by atoms with Gasteiger partial charge in [-0.3, -0.25) is 0 Å². The lowest BCUT2D eigenvalue weighted by atomic mass is 9.90. The maximum atomic E-state index is 10.3. The second-order valence-electron chi connectivity index (χ2n) is 7.86. The highest BCUT2D eigenvalue weighted by molar-refractivity contribution is 7.15. The lowest BCUT2D eigenvalue weighted by Crippen LogP contribution is -2.43. The highest BCUT2D eigenvalue weighted by atomic mass is 32.1. The summed E-state index contributed by atoms with van der Waals surface area (Å²) in [6.07, 6.45) is 1.66. The first-order valence-corrected chi connectivity index (χ1v) is 10.7. The lowest BCUT2D eigenvalue weighted by molar-refractivity contribution is -0.295. The zero-order valence-electron chi connectivity index (χ0n) is 15.9. The fourth-order valence-electron chi connectivity index (χ4n) is 4.38. The number of ether oxygens (including phenoxy) is 2. The molecule has 3 aromatic rings. The smallest absolute Gasteiger partial charge is 0.198 e. The minimum absolute atomic E-state index is 0.0101. The first-order chi connectivity index (χ1) is 13.6. The summed E-state index contributed by atoms with van der Waals surface area (Å²) >= 11 is 1.84. The summed E-state index contributed by atoms with van der Waals surface area (Å²) in [6, 6.07) is 21.5. The molecule has 144 valence electrons. The SMILES string of the molecule is CC1CC(O)C[C@@]2(OCc3ccc(Cc4ccc(-c5ccccc5)s4)cc32)O1. The molecule has 5 rings (SSSR count). The Labute approximate surface area is 169 Å². The van der Waals surface area contributed by atoms with E-state index in [4.69, 9.17) is 9.47 Å². The van der Waals surface area contributed by atoms with Crippen LogP contribution < -0.4 is 0 Å². The van der Waals surface area contributed by atoms with Crippen molar-refractivity contribution in [1.29, 1.82) is 0 Å². The fourth-order valence-corrected chi connectivity index (χ4v) is 5.43. The van der Waals surface area contributed by atoms with Gasteiger partial charge in [0.15, 0.2) is 5.79 Å². The van der Waals surface area contributed by atoms with Gasteiger partial charge in [-0.2, -0.15) is 0 Å². The van der Waals surface area contributed by atoms with Crippen molar-refractivity contribution in [3.63, 3.8) is 0 Å². The predicted octanol–water partition coefficient (Wildman–Crippen LogP) is 5.25. The molecule has 28 heavy (non-hydrogen) atoms. The Morgan fingerprint density at radius 3 is 2.79 bits per heavy atom. The molecule has 3 atom stereocenters. The van der Waals surface area contributed by atoms with Crippen LogP contribution in [0.3, 0.4) is 0 Å². The van der Waals surface area contributed by atoms with E-state index in [1.54, 1.807) is 0 Å². The molecule has 4 heteroatoms. The van der Waals surface area contributed by atoms with E-state index in [2.05, 4.69) is 54.6 Å². The molecule has 1 aromatic heterocycles. The van der Waals surface area contributed by atoms with Crippen LogP contribution in [0.4, 0.5) is 0 Å². The van der Waals surface area contributed by atoms with Gasteiger partial charge in [0.1, 0.15) is 0 Å². The average molecular weight is 393 g/mol. The van der Waals surface area contributed by atoms with Gasteiger partial charge in [0, 0.05) is 28.2 Å². The molecule has 0 amide bonds. The van der Waals surface area contributed by atoms with Gasteiger partial charge in [-0.1, -0.05) is 42.5 Å². The maximum absolute atomic E-state index is 10.3. The second-order valence-corrected chi connectivity index (χ2v) is 9.03. The van der Waals surface area contributed by atoms with Crippen LogP contribution in [0.25, 0.3) is 10.4 Å². The molecule has 2 unspecified atom stereocenters. The monoisotopic (exact) mass is 392 g/mol. The van der Waals surface area contributed by atoms with Crippen LogP contribution in [-0.2, 0) is 28.3 Å². The third-order valence-electron chi connectivity index (χ3n) is 5.64. The van der Waals surface area contributed by atoms with Crippen molar-refractivity contribution in [3.05, 3.63) is 82.2 Å². The van der Waals surface area contributed by atoms with Gasteiger partial charge in [0.2, 0.25) is 0 Å². The van der Waals surface area contributed by atoms with Gasteiger partial charge in [-0.05, 0) is 48.2 Å². The van der Waals surface area contributed by atoms with E-state index < -0.39 is 5.79 Å².